The molecule has 0 saturated heterocycles. The van der Waals surface area contributed by atoms with Gasteiger partial charge in [0.05, 0.1) is 17.1 Å². The van der Waals surface area contributed by atoms with Crippen molar-refractivity contribution in [3.63, 3.8) is 0 Å². The molecule has 0 spiro atoms. The molecule has 0 saturated carbocycles. The molecular formula is C15H21N3O2. The monoisotopic (exact) mass is 275 g/mol. The van der Waals surface area contributed by atoms with Crippen molar-refractivity contribution in [1.82, 2.24) is 14.5 Å². The smallest absolute Gasteiger partial charge is 0.310 e. The lowest BCUT2D eigenvalue weighted by atomic mass is 9.79. The molecule has 0 amide bonds. The Morgan fingerprint density at radius 3 is 2.60 bits per heavy atom. The summed E-state index contributed by atoms with van der Waals surface area (Å²) in [4.78, 5) is 20.3. The average Bonchev–Trinajstić information content (AvgIpc) is 2.81. The first-order chi connectivity index (χ1) is 9.57. The summed E-state index contributed by atoms with van der Waals surface area (Å²) in [5.41, 5.74) is 1.11. The first kappa shape index (κ1) is 14.5. The minimum Gasteiger partial charge on any atom is -0.481 e. The Balaban J connectivity index is 2.50. The number of carboxylic acids is 1. The van der Waals surface area contributed by atoms with E-state index >= 15 is 0 Å². The fourth-order valence-corrected chi connectivity index (χ4v) is 2.70. The molecule has 2 heterocycles. The quantitative estimate of drug-likeness (QED) is 0.880. The van der Waals surface area contributed by atoms with Crippen LogP contribution >= 0.6 is 0 Å². The molecule has 0 aliphatic carbocycles. The molecule has 2 aromatic heterocycles. The van der Waals surface area contributed by atoms with E-state index in [0.717, 1.165) is 23.4 Å². The van der Waals surface area contributed by atoms with Gasteiger partial charge in [0.1, 0.15) is 11.3 Å². The fourth-order valence-electron chi connectivity index (χ4n) is 2.70. The number of pyridine rings is 1. The van der Waals surface area contributed by atoms with Crippen LogP contribution in [-0.2, 0) is 17.8 Å². The molecule has 108 valence electrons. The molecule has 2 rings (SSSR count). The van der Waals surface area contributed by atoms with E-state index in [4.69, 9.17) is 0 Å². The molecule has 2 aromatic rings. The van der Waals surface area contributed by atoms with Crippen molar-refractivity contribution < 1.29 is 9.90 Å². The van der Waals surface area contributed by atoms with Crippen LogP contribution in [0.4, 0.5) is 0 Å². The highest BCUT2D eigenvalue weighted by molar-refractivity contribution is 5.77. The molecule has 0 bridgehead atoms. The predicted octanol–water partition coefficient (Wildman–Crippen LogP) is 2.88. The maximum absolute atomic E-state index is 11.7. The number of fused-ring (bicyclic) bond motifs is 1. The van der Waals surface area contributed by atoms with Crippen LogP contribution in [0.5, 0.6) is 0 Å². The minimum absolute atomic E-state index is 0.456. The zero-order valence-electron chi connectivity index (χ0n) is 12.3. The van der Waals surface area contributed by atoms with Crippen LogP contribution in [0.15, 0.2) is 18.5 Å². The van der Waals surface area contributed by atoms with Crippen LogP contribution < -0.4 is 0 Å². The van der Waals surface area contributed by atoms with Crippen molar-refractivity contribution in [3.05, 3.63) is 24.3 Å². The first-order valence-electron chi connectivity index (χ1n) is 7.10. The number of imidazole rings is 1. The summed E-state index contributed by atoms with van der Waals surface area (Å²) in [5, 5.41) is 9.57. The predicted molar refractivity (Wildman–Crippen MR) is 77.6 cm³/mol. The Bertz CT molecular complexity index is 615. The number of carbonyl (C=O) groups is 1. The van der Waals surface area contributed by atoms with Gasteiger partial charge in [0.15, 0.2) is 0 Å². The maximum Gasteiger partial charge on any atom is 0.310 e. The van der Waals surface area contributed by atoms with Gasteiger partial charge in [0.2, 0.25) is 0 Å². The van der Waals surface area contributed by atoms with Gasteiger partial charge in [-0.3, -0.25) is 9.78 Å². The lowest BCUT2D eigenvalue weighted by Gasteiger charge is -2.26. The number of hydrogen-bond donors (Lipinski definition) is 1. The lowest BCUT2D eigenvalue weighted by molar-refractivity contribution is -0.149. The Labute approximate surface area is 118 Å². The zero-order chi connectivity index (χ0) is 14.8. The summed E-state index contributed by atoms with van der Waals surface area (Å²) < 4.78 is 2.08. The van der Waals surface area contributed by atoms with Gasteiger partial charge >= 0.3 is 5.97 Å². The Hall–Kier alpha value is -1.91. The van der Waals surface area contributed by atoms with Crippen LogP contribution in [0.25, 0.3) is 11.0 Å². The van der Waals surface area contributed by atoms with Gasteiger partial charge in [-0.05, 0) is 25.8 Å². The Morgan fingerprint density at radius 2 is 2.05 bits per heavy atom. The van der Waals surface area contributed by atoms with E-state index in [2.05, 4.69) is 14.5 Å². The van der Waals surface area contributed by atoms with Crippen molar-refractivity contribution in [1.29, 1.82) is 0 Å². The normalized spacial score (nSPS) is 11.9. The van der Waals surface area contributed by atoms with Gasteiger partial charge in [0, 0.05) is 19.2 Å². The summed E-state index contributed by atoms with van der Waals surface area (Å²) in [5.74, 6) is 0.0944. The molecule has 5 heteroatoms. The van der Waals surface area contributed by atoms with Gasteiger partial charge in [-0.25, -0.2) is 4.98 Å². The van der Waals surface area contributed by atoms with E-state index in [1.165, 1.54) is 0 Å². The molecule has 0 aliphatic rings. The summed E-state index contributed by atoms with van der Waals surface area (Å²) in [7, 11) is 0. The van der Waals surface area contributed by atoms with Crippen LogP contribution in [0.2, 0.25) is 0 Å². The molecule has 0 aromatic carbocycles. The summed E-state index contributed by atoms with van der Waals surface area (Å²) in [6.45, 7) is 6.68. The molecule has 0 aliphatic heterocycles. The fraction of sp³-hybridized carbons (Fsp3) is 0.533. The third-order valence-corrected chi connectivity index (χ3v) is 4.25. The highest BCUT2D eigenvalue weighted by atomic mass is 16.4. The molecule has 1 N–H and O–H groups in total. The van der Waals surface area contributed by atoms with E-state index in [1.807, 2.05) is 26.8 Å². The topological polar surface area (TPSA) is 68.0 Å². The molecule has 0 unspecified atom stereocenters. The molecule has 20 heavy (non-hydrogen) atoms. The second-order valence-corrected chi connectivity index (χ2v) is 5.11. The Kier molecular flexibility index (Phi) is 4.06. The molecule has 0 atom stereocenters. The van der Waals surface area contributed by atoms with Crippen molar-refractivity contribution in [2.75, 3.05) is 0 Å². The van der Waals surface area contributed by atoms with Crippen LogP contribution in [0.3, 0.4) is 0 Å². The number of aromatic nitrogens is 3. The van der Waals surface area contributed by atoms with Gasteiger partial charge < -0.3 is 9.67 Å². The van der Waals surface area contributed by atoms with Crippen molar-refractivity contribution >= 4 is 17.0 Å². The molecule has 0 radical (unpaired) electrons. The molecule has 5 nitrogen and oxygen atoms in total. The number of nitrogens with zero attached hydrogens (tertiary/aromatic N) is 3. The number of hydrogen-bond acceptors (Lipinski definition) is 3. The highest BCUT2D eigenvalue weighted by Crippen LogP contribution is 2.32. The van der Waals surface area contributed by atoms with E-state index in [-0.39, 0.29) is 0 Å². The molecule has 0 fully saturated rings. The van der Waals surface area contributed by atoms with Gasteiger partial charge in [-0.1, -0.05) is 13.8 Å². The lowest BCUT2D eigenvalue weighted by Crippen LogP contribution is -2.33. The van der Waals surface area contributed by atoms with E-state index in [1.54, 1.807) is 12.4 Å². The molecular weight excluding hydrogens is 254 g/mol. The van der Waals surface area contributed by atoms with Crippen molar-refractivity contribution in [3.8, 4) is 0 Å². The average molecular weight is 275 g/mol. The zero-order valence-corrected chi connectivity index (χ0v) is 12.3. The number of rotatable bonds is 6. The summed E-state index contributed by atoms with van der Waals surface area (Å²) >= 11 is 0. The summed E-state index contributed by atoms with van der Waals surface area (Å²) in [6, 6.07) is 1.93. The third-order valence-electron chi connectivity index (χ3n) is 4.25. The standard InChI is InChI=1S/C15H21N3O2/c1-4-15(5-2,14(19)20)9-13-17-11-10-16-8-7-12(11)18(13)6-3/h7-8,10H,4-6,9H2,1-3H3,(H,19,20). The maximum atomic E-state index is 11.7. The highest BCUT2D eigenvalue weighted by Gasteiger charge is 2.36. The van der Waals surface area contributed by atoms with Gasteiger partial charge in [-0.2, -0.15) is 0 Å². The van der Waals surface area contributed by atoms with Gasteiger partial charge in [-0.15, -0.1) is 0 Å². The van der Waals surface area contributed by atoms with Crippen LogP contribution in [-0.4, -0.2) is 25.6 Å². The number of carboxylic acid groups (broad SMARTS) is 1. The van der Waals surface area contributed by atoms with E-state index in [0.29, 0.717) is 19.3 Å². The van der Waals surface area contributed by atoms with Gasteiger partial charge in [0.25, 0.3) is 0 Å². The second kappa shape index (κ2) is 5.61. The summed E-state index contributed by atoms with van der Waals surface area (Å²) in [6.07, 6.45) is 5.13. The minimum atomic E-state index is -0.740. The van der Waals surface area contributed by atoms with E-state index in [9.17, 15) is 9.90 Å². The van der Waals surface area contributed by atoms with Crippen molar-refractivity contribution in [2.45, 2.75) is 46.6 Å². The number of aliphatic carboxylic acids is 1. The number of aryl methyl sites for hydroxylation is 1. The van der Waals surface area contributed by atoms with E-state index < -0.39 is 11.4 Å². The third kappa shape index (κ3) is 2.28. The van der Waals surface area contributed by atoms with Crippen LogP contribution in [0, 0.1) is 5.41 Å². The Morgan fingerprint density at radius 1 is 1.35 bits per heavy atom. The largest absolute Gasteiger partial charge is 0.481 e. The first-order valence-corrected chi connectivity index (χ1v) is 7.10. The second-order valence-electron chi connectivity index (χ2n) is 5.11. The van der Waals surface area contributed by atoms with Crippen LogP contribution in [0.1, 0.15) is 39.4 Å². The SMILES string of the molecule is CCn1c(CC(CC)(CC)C(=O)O)nc2cnccc21. The van der Waals surface area contributed by atoms with Crippen molar-refractivity contribution in [2.24, 2.45) is 5.41 Å².